The molecule has 0 aliphatic carbocycles. The van der Waals surface area contributed by atoms with E-state index in [0.717, 1.165) is 45.7 Å². The second kappa shape index (κ2) is 9.62. The summed E-state index contributed by atoms with van der Waals surface area (Å²) in [6.07, 6.45) is 1.02. The molecule has 0 radical (unpaired) electrons. The van der Waals surface area contributed by atoms with Crippen LogP contribution in [0, 0.1) is 0 Å². The lowest BCUT2D eigenvalue weighted by Gasteiger charge is -2.43. The maximum atomic E-state index is 10.8. The van der Waals surface area contributed by atoms with Gasteiger partial charge in [-0.2, -0.15) is 8.42 Å². The highest BCUT2D eigenvalue weighted by atomic mass is 32.3. The van der Waals surface area contributed by atoms with Gasteiger partial charge in [0, 0.05) is 44.3 Å². The first-order chi connectivity index (χ1) is 10.7. The SMILES string of the molecule is C[C@@H]1CN(CC=O)[C@@H](CN2CCOC[C@H]2C)CN1.O=S(=O)(O)O. The van der Waals surface area contributed by atoms with Gasteiger partial charge < -0.3 is 14.8 Å². The number of hydrogen-bond donors (Lipinski definition) is 3. The van der Waals surface area contributed by atoms with Crippen molar-refractivity contribution in [1.82, 2.24) is 15.1 Å². The summed E-state index contributed by atoms with van der Waals surface area (Å²) in [6, 6.07) is 1.39. The molecular weight excluding hydrogens is 326 g/mol. The normalized spacial score (nSPS) is 30.3. The molecule has 0 unspecified atom stereocenters. The lowest BCUT2D eigenvalue weighted by molar-refractivity contribution is -0.110. The minimum absolute atomic E-state index is 0.437. The lowest BCUT2D eigenvalue weighted by Crippen LogP contribution is -2.60. The quantitative estimate of drug-likeness (QED) is 0.428. The Kier molecular flexibility index (Phi) is 8.54. The predicted molar refractivity (Wildman–Crippen MR) is 84.9 cm³/mol. The molecule has 2 fully saturated rings. The van der Waals surface area contributed by atoms with Crippen LogP contribution in [-0.2, 0) is 19.9 Å². The number of hydrogen-bond acceptors (Lipinski definition) is 7. The highest BCUT2D eigenvalue weighted by molar-refractivity contribution is 7.79. The van der Waals surface area contributed by atoms with E-state index in [4.69, 9.17) is 22.3 Å². The van der Waals surface area contributed by atoms with Gasteiger partial charge in [0.25, 0.3) is 0 Å². The monoisotopic (exact) mass is 353 g/mol. The van der Waals surface area contributed by atoms with Gasteiger partial charge in [-0.3, -0.25) is 18.9 Å². The van der Waals surface area contributed by atoms with Crippen molar-refractivity contribution in [3.63, 3.8) is 0 Å². The van der Waals surface area contributed by atoms with E-state index in [-0.39, 0.29) is 0 Å². The van der Waals surface area contributed by atoms with Gasteiger partial charge in [-0.1, -0.05) is 0 Å². The van der Waals surface area contributed by atoms with Gasteiger partial charge in [0.2, 0.25) is 0 Å². The number of piperazine rings is 1. The number of morpholine rings is 1. The van der Waals surface area contributed by atoms with Gasteiger partial charge in [-0.15, -0.1) is 0 Å². The molecule has 2 aliphatic heterocycles. The van der Waals surface area contributed by atoms with Crippen molar-refractivity contribution in [2.24, 2.45) is 0 Å². The minimum atomic E-state index is -4.67. The van der Waals surface area contributed by atoms with Crippen LogP contribution in [0.4, 0.5) is 0 Å². The van der Waals surface area contributed by atoms with Crippen LogP contribution in [0.15, 0.2) is 0 Å². The van der Waals surface area contributed by atoms with Crippen LogP contribution in [0.1, 0.15) is 13.8 Å². The number of rotatable bonds is 4. The van der Waals surface area contributed by atoms with Crippen LogP contribution in [0.5, 0.6) is 0 Å². The van der Waals surface area contributed by atoms with Gasteiger partial charge in [0.05, 0.1) is 19.8 Å². The van der Waals surface area contributed by atoms with Gasteiger partial charge in [-0.05, 0) is 13.8 Å². The summed E-state index contributed by atoms with van der Waals surface area (Å²) in [5.41, 5.74) is 0. The Morgan fingerprint density at radius 1 is 1.30 bits per heavy atom. The zero-order chi connectivity index (χ0) is 17.5. The van der Waals surface area contributed by atoms with E-state index in [2.05, 4.69) is 29.0 Å². The van der Waals surface area contributed by atoms with E-state index in [1.807, 2.05) is 0 Å². The van der Waals surface area contributed by atoms with Gasteiger partial charge in [0.15, 0.2) is 0 Å². The van der Waals surface area contributed by atoms with E-state index in [1.54, 1.807) is 0 Å². The molecule has 0 aromatic rings. The van der Waals surface area contributed by atoms with Crippen molar-refractivity contribution in [3.8, 4) is 0 Å². The largest absolute Gasteiger partial charge is 0.394 e. The van der Waals surface area contributed by atoms with Crippen LogP contribution in [-0.4, -0.2) is 97.7 Å². The van der Waals surface area contributed by atoms with E-state index in [9.17, 15) is 4.79 Å². The molecule has 10 heteroatoms. The fourth-order valence-electron chi connectivity index (χ4n) is 2.83. The molecule has 3 N–H and O–H groups in total. The van der Waals surface area contributed by atoms with Crippen molar-refractivity contribution in [2.45, 2.75) is 32.0 Å². The first kappa shape index (κ1) is 20.4. The standard InChI is InChI=1S/C13H25N3O2.H2O4S/c1-11-8-16(3-5-17)13(7-14-11)9-15-4-6-18-10-12(15)2;1-5(2,3)4/h5,11-14H,3-4,6-10H2,1-2H3;(H2,1,2,3,4)/t11-,12-,13-;/m1./s1. The molecule has 0 bridgehead atoms. The second-order valence-corrected chi connectivity index (χ2v) is 6.85. The molecule has 9 nitrogen and oxygen atoms in total. The molecule has 0 aromatic carbocycles. The Hall–Kier alpha value is -0.620. The predicted octanol–water partition coefficient (Wildman–Crippen LogP) is -1.08. The average Bonchev–Trinajstić information content (AvgIpc) is 2.42. The maximum absolute atomic E-state index is 10.8. The molecule has 136 valence electrons. The molecule has 2 saturated heterocycles. The Labute approximate surface area is 137 Å². The molecule has 3 atom stereocenters. The molecule has 23 heavy (non-hydrogen) atoms. The zero-order valence-corrected chi connectivity index (χ0v) is 14.4. The fraction of sp³-hybridized carbons (Fsp3) is 0.923. The third-order valence-corrected chi connectivity index (χ3v) is 3.99. The van der Waals surface area contributed by atoms with Crippen molar-refractivity contribution >= 4 is 16.7 Å². The Morgan fingerprint density at radius 3 is 2.52 bits per heavy atom. The van der Waals surface area contributed by atoms with Gasteiger partial charge >= 0.3 is 10.4 Å². The van der Waals surface area contributed by atoms with Gasteiger partial charge in [-0.25, -0.2) is 0 Å². The molecular formula is C13H27N3O6S. The number of carbonyl (C=O) groups excluding carboxylic acids is 1. The third-order valence-electron chi connectivity index (χ3n) is 3.99. The van der Waals surface area contributed by atoms with E-state index in [0.29, 0.717) is 24.7 Å². The van der Waals surface area contributed by atoms with Crippen LogP contribution in [0.2, 0.25) is 0 Å². The minimum Gasteiger partial charge on any atom is -0.379 e. The number of aldehydes is 1. The molecule has 0 saturated carbocycles. The van der Waals surface area contributed by atoms with Crippen molar-refractivity contribution in [2.75, 3.05) is 45.9 Å². The number of ether oxygens (including phenoxy) is 1. The zero-order valence-electron chi connectivity index (χ0n) is 13.6. The summed E-state index contributed by atoms with van der Waals surface area (Å²) in [5, 5.41) is 3.51. The fourth-order valence-corrected chi connectivity index (χ4v) is 2.83. The summed E-state index contributed by atoms with van der Waals surface area (Å²) in [5.74, 6) is 0. The van der Waals surface area contributed by atoms with Crippen molar-refractivity contribution in [3.05, 3.63) is 0 Å². The van der Waals surface area contributed by atoms with E-state index < -0.39 is 10.4 Å². The summed E-state index contributed by atoms with van der Waals surface area (Å²) < 4.78 is 37.0. The Morgan fingerprint density at radius 2 is 1.96 bits per heavy atom. The number of nitrogens with zero attached hydrogens (tertiary/aromatic N) is 2. The first-order valence-corrected chi connectivity index (χ1v) is 9.03. The molecule has 2 heterocycles. The highest BCUT2D eigenvalue weighted by Gasteiger charge is 2.29. The van der Waals surface area contributed by atoms with Crippen molar-refractivity contribution < 1.29 is 27.1 Å². The van der Waals surface area contributed by atoms with Crippen LogP contribution < -0.4 is 5.32 Å². The topological polar surface area (TPSA) is 119 Å². The maximum Gasteiger partial charge on any atom is 0.394 e. The number of carbonyl (C=O) groups is 1. The summed E-state index contributed by atoms with van der Waals surface area (Å²) in [4.78, 5) is 15.6. The second-order valence-electron chi connectivity index (χ2n) is 5.95. The highest BCUT2D eigenvalue weighted by Crippen LogP contribution is 2.12. The van der Waals surface area contributed by atoms with E-state index in [1.165, 1.54) is 0 Å². The molecule has 2 rings (SSSR count). The van der Waals surface area contributed by atoms with Crippen molar-refractivity contribution in [1.29, 1.82) is 0 Å². The van der Waals surface area contributed by atoms with E-state index >= 15 is 0 Å². The third kappa shape index (κ3) is 8.70. The summed E-state index contributed by atoms with van der Waals surface area (Å²) in [7, 11) is -4.67. The van der Waals surface area contributed by atoms with Crippen LogP contribution in [0.25, 0.3) is 0 Å². The lowest BCUT2D eigenvalue weighted by atomic mass is 10.1. The molecule has 0 amide bonds. The van der Waals surface area contributed by atoms with Crippen LogP contribution >= 0.6 is 0 Å². The molecule has 0 spiro atoms. The smallest absolute Gasteiger partial charge is 0.379 e. The first-order valence-electron chi connectivity index (χ1n) is 7.63. The number of nitrogens with one attached hydrogen (secondary N) is 1. The summed E-state index contributed by atoms with van der Waals surface area (Å²) >= 11 is 0. The average molecular weight is 353 g/mol. The molecule has 0 aromatic heterocycles. The van der Waals surface area contributed by atoms with Gasteiger partial charge in [0.1, 0.15) is 6.29 Å². The Bertz CT molecular complexity index is 453. The molecule has 2 aliphatic rings. The summed E-state index contributed by atoms with van der Waals surface area (Å²) in [6.45, 7) is 10.5. The Balaban J connectivity index is 0.000000463. The van der Waals surface area contributed by atoms with Crippen LogP contribution in [0.3, 0.4) is 0 Å².